The molecule has 0 saturated carbocycles. The molecule has 0 bridgehead atoms. The number of para-hydroxylation sites is 2. The van der Waals surface area contributed by atoms with E-state index in [1.807, 2.05) is 12.1 Å². The summed E-state index contributed by atoms with van der Waals surface area (Å²) in [4.78, 5) is 10.4. The van der Waals surface area contributed by atoms with E-state index in [2.05, 4.69) is 191 Å². The first-order chi connectivity index (χ1) is 27.8. The Morgan fingerprint density at radius 1 is 0.386 bits per heavy atom. The van der Waals surface area contributed by atoms with E-state index in [4.69, 9.17) is 9.97 Å². The summed E-state index contributed by atoms with van der Waals surface area (Å²) in [5, 5.41) is 4.81. The van der Waals surface area contributed by atoms with Gasteiger partial charge in [0, 0.05) is 38.4 Å². The molecule has 57 heavy (non-hydrogen) atoms. The van der Waals surface area contributed by atoms with Crippen molar-refractivity contribution < 1.29 is 0 Å². The molecule has 11 rings (SSSR count). The lowest BCUT2D eigenvalue weighted by atomic mass is 9.99. The van der Waals surface area contributed by atoms with Crippen molar-refractivity contribution in [1.82, 2.24) is 19.1 Å². The highest BCUT2D eigenvalue weighted by Gasteiger charge is 2.19. The maximum Gasteiger partial charge on any atom is 0.235 e. The summed E-state index contributed by atoms with van der Waals surface area (Å²) in [5.74, 6) is 0.651. The van der Waals surface area contributed by atoms with E-state index in [1.165, 1.54) is 60.5 Å². The Morgan fingerprint density at radius 2 is 0.912 bits per heavy atom. The van der Waals surface area contributed by atoms with Gasteiger partial charge in [-0.25, -0.2) is 9.97 Å². The van der Waals surface area contributed by atoms with Crippen molar-refractivity contribution in [3.8, 4) is 45.3 Å². The summed E-state index contributed by atoms with van der Waals surface area (Å²) in [7, 11) is 0. The molecule has 5 heteroatoms. The van der Waals surface area contributed by atoms with Gasteiger partial charge in [-0.1, -0.05) is 140 Å². The summed E-state index contributed by atoms with van der Waals surface area (Å²) in [6.07, 6.45) is 9.08. The molecule has 3 aromatic heterocycles. The van der Waals surface area contributed by atoms with Crippen molar-refractivity contribution in [2.75, 3.05) is 0 Å². The fourth-order valence-electron chi connectivity index (χ4n) is 8.50. The highest BCUT2D eigenvalue weighted by atomic mass is 32.1. The van der Waals surface area contributed by atoms with Gasteiger partial charge in [-0.2, -0.15) is 13.5 Å². The lowest BCUT2D eigenvalue weighted by molar-refractivity contribution is 0.995. The van der Waals surface area contributed by atoms with Crippen LogP contribution in [0.3, 0.4) is 0 Å². The number of benzene rings is 7. The zero-order valence-electron chi connectivity index (χ0n) is 31.2. The molecule has 0 spiro atoms. The van der Waals surface area contributed by atoms with Crippen molar-refractivity contribution in [1.29, 1.82) is 0 Å². The molecule has 7 aromatic carbocycles. The normalized spacial score (nSPS) is 12.7. The highest BCUT2D eigenvalue weighted by Crippen LogP contribution is 2.39. The lowest BCUT2D eigenvalue weighted by Crippen LogP contribution is -2.03. The predicted octanol–water partition coefficient (Wildman–Crippen LogP) is 13.5. The second-order valence-electron chi connectivity index (χ2n) is 14.5. The van der Waals surface area contributed by atoms with Gasteiger partial charge < -0.3 is 4.57 Å². The zero-order valence-corrected chi connectivity index (χ0v) is 32.2. The summed E-state index contributed by atoms with van der Waals surface area (Å²) in [6.45, 7) is 0. The van der Waals surface area contributed by atoms with Crippen LogP contribution in [-0.4, -0.2) is 19.1 Å². The van der Waals surface area contributed by atoms with Crippen LogP contribution in [0.15, 0.2) is 194 Å². The smallest absolute Gasteiger partial charge is 0.235 e. The largest absolute Gasteiger partial charge is 0.309 e. The molecule has 0 fully saturated rings. The summed E-state index contributed by atoms with van der Waals surface area (Å²) >= 11 is 0. The molecule has 4 nitrogen and oxygen atoms in total. The van der Waals surface area contributed by atoms with E-state index in [9.17, 15) is 0 Å². The van der Waals surface area contributed by atoms with Crippen LogP contribution in [0.2, 0.25) is 0 Å². The Morgan fingerprint density at radius 3 is 1.51 bits per heavy atom. The summed E-state index contributed by atoms with van der Waals surface area (Å²) in [5.41, 5.74) is 14.5. The van der Waals surface area contributed by atoms with Gasteiger partial charge in [-0.05, 0) is 89.7 Å². The fraction of sp³-hybridized carbons (Fsp3) is 0.0385. The van der Waals surface area contributed by atoms with Gasteiger partial charge in [0.25, 0.3) is 0 Å². The van der Waals surface area contributed by atoms with E-state index in [0.717, 1.165) is 46.4 Å². The number of allylic oxidation sites excluding steroid dienone is 4. The standard InChI is InChI=1S/C52H36N4.H2S/c1-4-15-35(16-5-1)38-21-14-22-41(31-38)55-48-25-12-10-23-42(48)44-32-39(27-29-50(44)55)40-28-30-51-45(33-40)43-24-11-13-26-49(43)56(51)52-53-46(36-17-6-2-7-18-36)34-47(54-52)37-19-8-3-9-20-37;/h2-4,6-34H,1,5H2;1H2. The number of hydrogen-bond acceptors (Lipinski definition) is 2. The van der Waals surface area contributed by atoms with Crippen LogP contribution in [0, 0.1) is 0 Å². The Hall–Kier alpha value is -6.95. The first-order valence-corrected chi connectivity index (χ1v) is 19.3. The minimum Gasteiger partial charge on any atom is -0.309 e. The van der Waals surface area contributed by atoms with Crippen LogP contribution in [0.25, 0.3) is 94.5 Å². The summed E-state index contributed by atoms with van der Waals surface area (Å²) in [6, 6.07) is 62.9. The van der Waals surface area contributed by atoms with Crippen LogP contribution in [0.5, 0.6) is 0 Å². The summed E-state index contributed by atoms with van der Waals surface area (Å²) < 4.78 is 4.63. The molecule has 0 atom stereocenters. The zero-order chi connectivity index (χ0) is 37.0. The van der Waals surface area contributed by atoms with Gasteiger partial charge >= 0.3 is 0 Å². The van der Waals surface area contributed by atoms with Crippen molar-refractivity contribution in [3.63, 3.8) is 0 Å². The van der Waals surface area contributed by atoms with Gasteiger partial charge in [0.1, 0.15) is 0 Å². The van der Waals surface area contributed by atoms with Crippen LogP contribution in [0.4, 0.5) is 0 Å². The fourth-order valence-corrected chi connectivity index (χ4v) is 8.50. The van der Waals surface area contributed by atoms with E-state index >= 15 is 0 Å². The molecule has 0 N–H and O–H groups in total. The van der Waals surface area contributed by atoms with E-state index in [0.29, 0.717) is 5.95 Å². The number of hydrogen-bond donors (Lipinski definition) is 0. The molecule has 0 aliphatic heterocycles. The second-order valence-corrected chi connectivity index (χ2v) is 14.5. The average molecular weight is 751 g/mol. The first kappa shape index (κ1) is 34.5. The molecule has 0 unspecified atom stereocenters. The number of nitrogens with zero attached hydrogens (tertiary/aromatic N) is 4. The average Bonchev–Trinajstić information content (AvgIpc) is 3.79. The van der Waals surface area contributed by atoms with E-state index in [1.54, 1.807) is 0 Å². The number of rotatable bonds is 6. The molecule has 272 valence electrons. The van der Waals surface area contributed by atoms with Crippen molar-refractivity contribution in [3.05, 3.63) is 200 Å². The Kier molecular flexibility index (Phi) is 8.65. The molecular formula is C52H38N4S. The quantitative estimate of drug-likeness (QED) is 0.170. The van der Waals surface area contributed by atoms with Gasteiger partial charge in [0.05, 0.1) is 33.5 Å². The predicted molar refractivity (Wildman–Crippen MR) is 244 cm³/mol. The topological polar surface area (TPSA) is 35.6 Å². The number of aromatic nitrogens is 4. The first-order valence-electron chi connectivity index (χ1n) is 19.3. The molecule has 3 heterocycles. The maximum absolute atomic E-state index is 5.22. The van der Waals surface area contributed by atoms with Crippen LogP contribution in [0.1, 0.15) is 18.4 Å². The molecule has 10 aromatic rings. The highest BCUT2D eigenvalue weighted by molar-refractivity contribution is 7.59. The third-order valence-electron chi connectivity index (χ3n) is 11.2. The van der Waals surface area contributed by atoms with Crippen LogP contribution >= 0.6 is 13.5 Å². The number of fused-ring (bicyclic) bond motifs is 6. The molecule has 0 amide bonds. The van der Waals surface area contributed by atoms with E-state index < -0.39 is 0 Å². The minimum absolute atomic E-state index is 0. The molecule has 0 saturated heterocycles. The Balaban J connectivity index is 0.00000396. The van der Waals surface area contributed by atoms with Crippen LogP contribution < -0.4 is 0 Å². The van der Waals surface area contributed by atoms with E-state index in [-0.39, 0.29) is 13.5 Å². The Bertz CT molecular complexity index is 3130. The van der Waals surface area contributed by atoms with Crippen molar-refractivity contribution in [2.24, 2.45) is 0 Å². The second kappa shape index (κ2) is 14.3. The minimum atomic E-state index is 0. The molecule has 1 aliphatic rings. The third kappa shape index (κ3) is 5.95. The maximum atomic E-state index is 5.22. The van der Waals surface area contributed by atoms with Gasteiger partial charge in [0.2, 0.25) is 5.95 Å². The van der Waals surface area contributed by atoms with Gasteiger partial charge in [-0.15, -0.1) is 0 Å². The third-order valence-corrected chi connectivity index (χ3v) is 11.2. The molecule has 0 radical (unpaired) electrons. The van der Waals surface area contributed by atoms with Crippen molar-refractivity contribution in [2.45, 2.75) is 12.8 Å². The lowest BCUT2D eigenvalue weighted by Gasteiger charge is -2.12. The molecular weight excluding hydrogens is 713 g/mol. The van der Waals surface area contributed by atoms with Crippen molar-refractivity contribution >= 4 is 62.7 Å². The van der Waals surface area contributed by atoms with Crippen LogP contribution in [-0.2, 0) is 0 Å². The van der Waals surface area contributed by atoms with Gasteiger partial charge in [-0.3, -0.25) is 4.57 Å². The van der Waals surface area contributed by atoms with Gasteiger partial charge in [0.15, 0.2) is 0 Å². The SMILES string of the molecule is C1=CC(c2cccc(-n3c4ccccc4c4cc(-c5ccc6c(c5)c5ccccc5n6-c5nc(-c6ccccc6)cc(-c6ccccc6)n5)ccc43)c2)=CCC1.S. The Labute approximate surface area is 338 Å². The molecule has 1 aliphatic carbocycles. The monoisotopic (exact) mass is 750 g/mol.